The lowest BCUT2D eigenvalue weighted by molar-refractivity contribution is -0.142. The molecule has 1 aliphatic heterocycles. The Morgan fingerprint density at radius 2 is 2.35 bits per heavy atom. The molecule has 0 aliphatic carbocycles. The minimum absolute atomic E-state index is 0.319. The van der Waals surface area contributed by atoms with Gasteiger partial charge < -0.3 is 5.11 Å². The molecule has 0 saturated carbocycles. The van der Waals surface area contributed by atoms with Crippen LogP contribution in [0, 0.1) is 5.82 Å². The molecule has 1 atom stereocenters. The smallest absolute Gasteiger partial charge is 0.320 e. The van der Waals surface area contributed by atoms with Gasteiger partial charge in [-0.2, -0.15) is 0 Å². The van der Waals surface area contributed by atoms with Gasteiger partial charge in [0, 0.05) is 17.1 Å². The van der Waals surface area contributed by atoms with Crippen LogP contribution < -0.4 is 0 Å². The first-order valence-corrected chi connectivity index (χ1v) is 5.86. The van der Waals surface area contributed by atoms with E-state index in [9.17, 15) is 9.18 Å². The molecule has 92 valence electrons. The van der Waals surface area contributed by atoms with Crippen molar-refractivity contribution in [2.24, 2.45) is 0 Å². The number of halogens is 2. The molecule has 1 fully saturated rings. The molecule has 1 aromatic rings. The van der Waals surface area contributed by atoms with E-state index in [4.69, 9.17) is 16.7 Å². The average Bonchev–Trinajstić information content (AvgIpc) is 2.70. The molecule has 0 aromatic heterocycles. The molecule has 1 aliphatic rings. The molecule has 1 saturated heterocycles. The quantitative estimate of drug-likeness (QED) is 0.905. The zero-order valence-electron chi connectivity index (χ0n) is 9.20. The maximum atomic E-state index is 13.6. The molecular formula is C12H13ClFNO2. The summed E-state index contributed by atoms with van der Waals surface area (Å²) in [5, 5.41) is 9.37. The summed E-state index contributed by atoms with van der Waals surface area (Å²) in [4.78, 5) is 12.8. The Morgan fingerprint density at radius 3 is 3.00 bits per heavy atom. The summed E-state index contributed by atoms with van der Waals surface area (Å²) in [6.07, 6.45) is 1.47. The van der Waals surface area contributed by atoms with Crippen LogP contribution in [0.4, 0.5) is 4.39 Å². The van der Waals surface area contributed by atoms with E-state index in [0.717, 1.165) is 6.42 Å². The zero-order chi connectivity index (χ0) is 12.4. The fourth-order valence-electron chi connectivity index (χ4n) is 2.16. The Hall–Kier alpha value is -1.13. The van der Waals surface area contributed by atoms with Crippen molar-refractivity contribution in [3.63, 3.8) is 0 Å². The van der Waals surface area contributed by atoms with E-state index in [0.29, 0.717) is 30.1 Å². The highest BCUT2D eigenvalue weighted by molar-refractivity contribution is 6.30. The van der Waals surface area contributed by atoms with Crippen LogP contribution in [-0.4, -0.2) is 28.6 Å². The Bertz CT molecular complexity index is 439. The first kappa shape index (κ1) is 12.3. The van der Waals surface area contributed by atoms with Gasteiger partial charge in [-0.25, -0.2) is 4.39 Å². The van der Waals surface area contributed by atoms with Gasteiger partial charge in [0.05, 0.1) is 0 Å². The van der Waals surface area contributed by atoms with Crippen LogP contribution in [0.2, 0.25) is 5.02 Å². The number of carboxylic acid groups (broad SMARTS) is 1. The number of hydrogen-bond acceptors (Lipinski definition) is 2. The highest BCUT2D eigenvalue weighted by atomic mass is 35.5. The number of carbonyl (C=O) groups is 1. The van der Waals surface area contributed by atoms with Crippen LogP contribution in [-0.2, 0) is 11.3 Å². The van der Waals surface area contributed by atoms with E-state index in [1.54, 1.807) is 17.0 Å². The molecule has 17 heavy (non-hydrogen) atoms. The lowest BCUT2D eigenvalue weighted by Gasteiger charge is -2.21. The summed E-state index contributed by atoms with van der Waals surface area (Å²) in [6, 6.07) is 3.98. The minimum atomic E-state index is -0.836. The SMILES string of the molecule is O=C(O)[C@H]1CCCN1Cc1ccc(Cl)cc1F. The minimum Gasteiger partial charge on any atom is -0.480 e. The number of carboxylic acids is 1. The van der Waals surface area contributed by atoms with E-state index in [1.165, 1.54) is 6.07 Å². The van der Waals surface area contributed by atoms with Gasteiger partial charge in [0.1, 0.15) is 11.9 Å². The van der Waals surface area contributed by atoms with Crippen molar-refractivity contribution in [1.82, 2.24) is 4.90 Å². The van der Waals surface area contributed by atoms with Crippen molar-refractivity contribution in [1.29, 1.82) is 0 Å². The van der Waals surface area contributed by atoms with Gasteiger partial charge >= 0.3 is 5.97 Å². The summed E-state index contributed by atoms with van der Waals surface area (Å²) in [5.41, 5.74) is 0.488. The maximum absolute atomic E-state index is 13.6. The van der Waals surface area contributed by atoms with Crippen LogP contribution in [0.5, 0.6) is 0 Å². The molecular weight excluding hydrogens is 245 g/mol. The summed E-state index contributed by atoms with van der Waals surface area (Å²) in [5.74, 6) is -1.22. The predicted molar refractivity (Wildman–Crippen MR) is 62.5 cm³/mol. The Balaban J connectivity index is 2.12. The lowest BCUT2D eigenvalue weighted by Crippen LogP contribution is -2.35. The number of benzene rings is 1. The third-order valence-corrected chi connectivity index (χ3v) is 3.27. The fraction of sp³-hybridized carbons (Fsp3) is 0.417. The van der Waals surface area contributed by atoms with Crippen molar-refractivity contribution in [3.8, 4) is 0 Å². The van der Waals surface area contributed by atoms with Crippen LogP contribution in [0.25, 0.3) is 0 Å². The number of hydrogen-bond donors (Lipinski definition) is 1. The average molecular weight is 258 g/mol. The predicted octanol–water partition coefficient (Wildman–Crippen LogP) is 2.53. The van der Waals surface area contributed by atoms with Crippen molar-refractivity contribution in [2.45, 2.75) is 25.4 Å². The van der Waals surface area contributed by atoms with Crippen LogP contribution in [0.15, 0.2) is 18.2 Å². The first-order chi connectivity index (χ1) is 8.08. The standard InChI is InChI=1S/C12H13ClFNO2/c13-9-4-3-8(10(14)6-9)7-15-5-1-2-11(15)12(16)17/h3-4,6,11H,1-2,5,7H2,(H,16,17)/t11-/m1/s1. The monoisotopic (exact) mass is 257 g/mol. The second-order valence-corrected chi connectivity index (χ2v) is 4.64. The number of rotatable bonds is 3. The molecule has 1 aromatic carbocycles. The van der Waals surface area contributed by atoms with Crippen LogP contribution >= 0.6 is 11.6 Å². The second-order valence-electron chi connectivity index (χ2n) is 4.20. The van der Waals surface area contributed by atoms with Crippen molar-refractivity contribution >= 4 is 17.6 Å². The normalized spacial score (nSPS) is 20.7. The molecule has 1 heterocycles. The Morgan fingerprint density at radius 1 is 1.59 bits per heavy atom. The van der Waals surface area contributed by atoms with Gasteiger partial charge in [-0.3, -0.25) is 9.69 Å². The third kappa shape index (κ3) is 2.76. The van der Waals surface area contributed by atoms with Gasteiger partial charge in [0.25, 0.3) is 0 Å². The molecule has 0 radical (unpaired) electrons. The zero-order valence-corrected chi connectivity index (χ0v) is 9.95. The molecule has 0 amide bonds. The summed E-state index contributed by atoms with van der Waals surface area (Å²) in [6.45, 7) is 1.01. The van der Waals surface area contributed by atoms with E-state index >= 15 is 0 Å². The van der Waals surface area contributed by atoms with Gasteiger partial charge in [0.2, 0.25) is 0 Å². The van der Waals surface area contributed by atoms with Crippen LogP contribution in [0.1, 0.15) is 18.4 Å². The van der Waals surface area contributed by atoms with Gasteiger partial charge in [0.15, 0.2) is 0 Å². The van der Waals surface area contributed by atoms with Gasteiger partial charge in [-0.05, 0) is 31.5 Å². The largest absolute Gasteiger partial charge is 0.480 e. The van der Waals surface area contributed by atoms with E-state index in [1.807, 2.05) is 0 Å². The third-order valence-electron chi connectivity index (χ3n) is 3.04. The molecule has 0 bridgehead atoms. The number of likely N-dealkylation sites (tertiary alicyclic amines) is 1. The highest BCUT2D eigenvalue weighted by Gasteiger charge is 2.30. The Kier molecular flexibility index (Phi) is 3.64. The highest BCUT2D eigenvalue weighted by Crippen LogP contribution is 2.22. The summed E-state index contributed by atoms with van der Waals surface area (Å²) < 4.78 is 13.6. The maximum Gasteiger partial charge on any atom is 0.320 e. The van der Waals surface area contributed by atoms with Crippen molar-refractivity contribution < 1.29 is 14.3 Å². The topological polar surface area (TPSA) is 40.5 Å². The second kappa shape index (κ2) is 5.02. The van der Waals surface area contributed by atoms with Gasteiger partial charge in [-0.1, -0.05) is 17.7 Å². The van der Waals surface area contributed by atoms with E-state index in [-0.39, 0.29) is 5.82 Å². The van der Waals surface area contributed by atoms with E-state index in [2.05, 4.69) is 0 Å². The molecule has 2 rings (SSSR count). The Labute approximate surface area is 104 Å². The first-order valence-electron chi connectivity index (χ1n) is 5.48. The van der Waals surface area contributed by atoms with Crippen molar-refractivity contribution in [2.75, 3.05) is 6.54 Å². The summed E-state index contributed by atoms with van der Waals surface area (Å²) >= 11 is 5.66. The van der Waals surface area contributed by atoms with Gasteiger partial charge in [-0.15, -0.1) is 0 Å². The van der Waals surface area contributed by atoms with Crippen molar-refractivity contribution in [3.05, 3.63) is 34.6 Å². The molecule has 5 heteroatoms. The molecule has 0 unspecified atom stereocenters. The number of nitrogens with zero attached hydrogens (tertiary/aromatic N) is 1. The molecule has 3 nitrogen and oxygen atoms in total. The van der Waals surface area contributed by atoms with E-state index < -0.39 is 12.0 Å². The lowest BCUT2D eigenvalue weighted by atomic mass is 10.1. The van der Waals surface area contributed by atoms with Crippen LogP contribution in [0.3, 0.4) is 0 Å². The molecule has 0 spiro atoms. The summed E-state index contributed by atoms with van der Waals surface area (Å²) in [7, 11) is 0. The molecule has 1 N–H and O–H groups in total. The number of aliphatic carboxylic acids is 1. The fourth-order valence-corrected chi connectivity index (χ4v) is 2.32.